The number of nitrogens with two attached hydrogens (primary N) is 1. The van der Waals surface area contributed by atoms with Crippen LogP contribution in [0.15, 0.2) is 17.1 Å². The van der Waals surface area contributed by atoms with Gasteiger partial charge in [0.25, 0.3) is 0 Å². The molecular formula is C6H7N3O3S. The quantitative estimate of drug-likeness (QED) is 0.588. The minimum absolute atomic E-state index is 0.0256. The van der Waals surface area contributed by atoms with E-state index in [0.29, 0.717) is 0 Å². The van der Waals surface area contributed by atoms with E-state index in [0.717, 1.165) is 9.93 Å². The van der Waals surface area contributed by atoms with Gasteiger partial charge in [-0.2, -0.15) is 13.4 Å². The standard InChI is InChI=1S/C6H7N3O3S/c7-5-1-2-9(6(10)8-5)3-4-13(11)12/h1-2,4H,3H2,(H2,7,8,10). The Morgan fingerprint density at radius 3 is 2.85 bits per heavy atom. The van der Waals surface area contributed by atoms with Crippen molar-refractivity contribution in [2.75, 3.05) is 5.73 Å². The fourth-order valence-electron chi connectivity index (χ4n) is 0.722. The molecule has 2 N–H and O–H groups in total. The van der Waals surface area contributed by atoms with Crippen LogP contribution in [0.3, 0.4) is 0 Å². The lowest BCUT2D eigenvalue weighted by Gasteiger charge is -1.98. The average Bonchev–Trinajstić information content (AvgIpc) is 2.02. The zero-order chi connectivity index (χ0) is 9.84. The van der Waals surface area contributed by atoms with Crippen molar-refractivity contribution in [2.24, 2.45) is 0 Å². The van der Waals surface area contributed by atoms with Gasteiger partial charge in [0.2, 0.25) is 10.3 Å². The molecule has 1 heterocycles. The Bertz CT molecular complexity index is 480. The molecule has 1 rings (SSSR count). The molecule has 0 aromatic carbocycles. The summed E-state index contributed by atoms with van der Waals surface area (Å²) in [5.41, 5.74) is 4.66. The third-order valence-electron chi connectivity index (χ3n) is 1.30. The molecule has 0 spiro atoms. The van der Waals surface area contributed by atoms with E-state index in [-0.39, 0.29) is 12.4 Å². The van der Waals surface area contributed by atoms with E-state index in [1.54, 1.807) is 0 Å². The van der Waals surface area contributed by atoms with Crippen molar-refractivity contribution in [1.29, 1.82) is 0 Å². The minimum atomic E-state index is -2.27. The largest absolute Gasteiger partial charge is 0.383 e. The smallest absolute Gasteiger partial charge is 0.349 e. The maximum absolute atomic E-state index is 11.0. The van der Waals surface area contributed by atoms with Crippen molar-refractivity contribution in [3.05, 3.63) is 22.7 Å². The first-order chi connectivity index (χ1) is 6.09. The number of rotatable bonds is 2. The third kappa shape index (κ3) is 2.71. The number of aromatic nitrogens is 2. The predicted octanol–water partition coefficient (Wildman–Crippen LogP) is -1.49. The molecule has 0 aliphatic carbocycles. The van der Waals surface area contributed by atoms with Gasteiger partial charge in [0.15, 0.2) is 0 Å². The van der Waals surface area contributed by atoms with Crippen LogP contribution in [0.2, 0.25) is 0 Å². The number of anilines is 1. The fraction of sp³-hybridized carbons (Fsp3) is 0.167. The number of nitrogens with zero attached hydrogens (tertiary/aromatic N) is 2. The monoisotopic (exact) mass is 201 g/mol. The highest BCUT2D eigenvalue weighted by Crippen LogP contribution is 1.87. The Morgan fingerprint density at radius 1 is 1.62 bits per heavy atom. The molecule has 0 atom stereocenters. The molecule has 1 aromatic rings. The van der Waals surface area contributed by atoms with Crippen molar-refractivity contribution in [1.82, 2.24) is 9.55 Å². The maximum Gasteiger partial charge on any atom is 0.349 e. The summed E-state index contributed by atoms with van der Waals surface area (Å²) in [5, 5.41) is 0.958. The molecule has 0 saturated heterocycles. The molecule has 7 heteroatoms. The summed E-state index contributed by atoms with van der Waals surface area (Å²) in [6.07, 6.45) is 1.38. The van der Waals surface area contributed by atoms with Gasteiger partial charge in [-0.05, 0) is 6.07 Å². The zero-order valence-electron chi connectivity index (χ0n) is 6.54. The first-order valence-corrected chi connectivity index (χ1v) is 4.48. The predicted molar refractivity (Wildman–Crippen MR) is 47.9 cm³/mol. The number of hydrogen-bond acceptors (Lipinski definition) is 5. The lowest BCUT2D eigenvalue weighted by molar-refractivity contribution is 0.626. The molecule has 0 aliphatic heterocycles. The van der Waals surface area contributed by atoms with Gasteiger partial charge in [-0.15, -0.1) is 0 Å². The van der Waals surface area contributed by atoms with Crippen LogP contribution in [-0.4, -0.2) is 23.3 Å². The van der Waals surface area contributed by atoms with E-state index >= 15 is 0 Å². The summed E-state index contributed by atoms with van der Waals surface area (Å²) >= 11 is 0. The van der Waals surface area contributed by atoms with Gasteiger partial charge in [0.05, 0.1) is 11.9 Å². The number of nitrogen functional groups attached to an aromatic ring is 1. The van der Waals surface area contributed by atoms with E-state index in [9.17, 15) is 13.2 Å². The van der Waals surface area contributed by atoms with Gasteiger partial charge >= 0.3 is 5.69 Å². The Hall–Kier alpha value is -1.63. The minimum Gasteiger partial charge on any atom is -0.383 e. The molecular weight excluding hydrogens is 194 g/mol. The van der Waals surface area contributed by atoms with Crippen molar-refractivity contribution < 1.29 is 8.42 Å². The molecule has 1 aromatic heterocycles. The molecule has 0 amide bonds. The van der Waals surface area contributed by atoms with Gasteiger partial charge in [0.1, 0.15) is 5.82 Å². The van der Waals surface area contributed by atoms with Crippen molar-refractivity contribution in [3.8, 4) is 0 Å². The molecule has 0 bridgehead atoms. The topological polar surface area (TPSA) is 95.0 Å². The summed E-state index contributed by atoms with van der Waals surface area (Å²) in [4.78, 5) is 14.4. The normalized spacial score (nSPS) is 9.54. The van der Waals surface area contributed by atoms with E-state index in [4.69, 9.17) is 5.73 Å². The summed E-state index contributed by atoms with van der Waals surface area (Å²) in [6.45, 7) is -0.0256. The van der Waals surface area contributed by atoms with Crippen LogP contribution in [0, 0.1) is 0 Å². The molecule has 0 fully saturated rings. The van der Waals surface area contributed by atoms with E-state index < -0.39 is 16.0 Å². The molecule has 70 valence electrons. The molecule has 0 unspecified atom stereocenters. The van der Waals surface area contributed by atoms with Crippen LogP contribution in [-0.2, 0) is 16.8 Å². The second kappa shape index (κ2) is 3.85. The lowest BCUT2D eigenvalue weighted by Crippen LogP contribution is -2.23. The SMILES string of the molecule is Nc1ccn(CC=S(=O)=O)c(=O)n1. The van der Waals surface area contributed by atoms with Gasteiger partial charge in [-0.25, -0.2) is 4.79 Å². The van der Waals surface area contributed by atoms with Crippen molar-refractivity contribution in [3.63, 3.8) is 0 Å². The first-order valence-electron chi connectivity index (χ1n) is 3.34. The summed E-state index contributed by atoms with van der Waals surface area (Å²) in [5.74, 6) is 0.115. The van der Waals surface area contributed by atoms with E-state index in [2.05, 4.69) is 4.98 Å². The number of hydrogen-bond donors (Lipinski definition) is 1. The van der Waals surface area contributed by atoms with E-state index in [1.807, 2.05) is 0 Å². The summed E-state index contributed by atoms with van der Waals surface area (Å²) in [6, 6.07) is 1.42. The second-order valence-electron chi connectivity index (χ2n) is 2.21. The van der Waals surface area contributed by atoms with Crippen LogP contribution in [0.25, 0.3) is 0 Å². The second-order valence-corrected chi connectivity index (χ2v) is 3.07. The van der Waals surface area contributed by atoms with Gasteiger partial charge < -0.3 is 5.73 Å². The molecule has 6 nitrogen and oxygen atoms in total. The Morgan fingerprint density at radius 2 is 2.31 bits per heavy atom. The fourth-order valence-corrected chi connectivity index (χ4v) is 1.00. The van der Waals surface area contributed by atoms with Gasteiger partial charge in [0, 0.05) is 6.20 Å². The summed E-state index contributed by atoms with van der Waals surface area (Å²) < 4.78 is 21.4. The van der Waals surface area contributed by atoms with Gasteiger partial charge in [-0.1, -0.05) is 0 Å². The van der Waals surface area contributed by atoms with E-state index in [1.165, 1.54) is 12.3 Å². The highest BCUT2D eigenvalue weighted by molar-refractivity contribution is 7.71. The van der Waals surface area contributed by atoms with Crippen LogP contribution in [0.4, 0.5) is 5.82 Å². The Labute approximate surface area is 75.2 Å². The van der Waals surface area contributed by atoms with Crippen LogP contribution in [0.5, 0.6) is 0 Å². The van der Waals surface area contributed by atoms with Crippen LogP contribution >= 0.6 is 0 Å². The highest BCUT2D eigenvalue weighted by atomic mass is 32.2. The Balaban J connectivity index is 3.04. The maximum atomic E-state index is 11.0. The Kier molecular flexibility index (Phi) is 2.80. The molecule has 0 aliphatic rings. The first kappa shape index (κ1) is 9.46. The van der Waals surface area contributed by atoms with Crippen LogP contribution < -0.4 is 11.4 Å². The molecule has 0 radical (unpaired) electrons. The average molecular weight is 201 g/mol. The summed E-state index contributed by atoms with van der Waals surface area (Å²) in [7, 11) is -2.27. The zero-order valence-corrected chi connectivity index (χ0v) is 7.36. The van der Waals surface area contributed by atoms with Crippen LogP contribution in [0.1, 0.15) is 0 Å². The lowest BCUT2D eigenvalue weighted by atomic mass is 10.6. The third-order valence-corrected chi connectivity index (χ3v) is 1.72. The highest BCUT2D eigenvalue weighted by Gasteiger charge is 1.94. The van der Waals surface area contributed by atoms with Crippen molar-refractivity contribution >= 4 is 21.5 Å². The molecule has 0 saturated carbocycles. The van der Waals surface area contributed by atoms with Gasteiger partial charge in [-0.3, -0.25) is 4.57 Å². The van der Waals surface area contributed by atoms with Crippen molar-refractivity contribution in [2.45, 2.75) is 6.54 Å². The molecule has 13 heavy (non-hydrogen) atoms.